The fourth-order valence-corrected chi connectivity index (χ4v) is 0.790. The van der Waals surface area contributed by atoms with Crippen molar-refractivity contribution >= 4 is 6.47 Å². The molecule has 0 radical (unpaired) electrons. The molecule has 70 valence electrons. The Hall–Kier alpha value is -1.78. The van der Waals surface area contributed by atoms with Gasteiger partial charge >= 0.3 is 0 Å². The molecule has 0 fully saturated rings. The lowest BCUT2D eigenvalue weighted by Crippen LogP contribution is -1.96. The van der Waals surface area contributed by atoms with Crippen molar-refractivity contribution in [2.24, 2.45) is 0 Å². The van der Waals surface area contributed by atoms with Crippen LogP contribution >= 0.6 is 0 Å². The Bertz CT molecular complexity index is 278. The van der Waals surface area contributed by atoms with Crippen molar-refractivity contribution < 1.29 is 19.0 Å². The van der Waals surface area contributed by atoms with Gasteiger partial charge < -0.3 is 14.2 Å². The zero-order valence-electron chi connectivity index (χ0n) is 7.31. The van der Waals surface area contributed by atoms with Crippen LogP contribution in [0.5, 0.6) is 17.5 Å². The SMILES string of the molecule is COc1cc(OC)nc(OC=O)c1. The second-order valence-electron chi connectivity index (χ2n) is 2.10. The van der Waals surface area contributed by atoms with Crippen molar-refractivity contribution in [1.82, 2.24) is 4.98 Å². The Morgan fingerprint density at radius 2 is 1.92 bits per heavy atom. The van der Waals surface area contributed by atoms with Crippen LogP contribution in [0.15, 0.2) is 12.1 Å². The highest BCUT2D eigenvalue weighted by molar-refractivity contribution is 5.45. The number of aromatic nitrogens is 1. The predicted molar refractivity (Wildman–Crippen MR) is 44.0 cm³/mol. The maximum Gasteiger partial charge on any atom is 0.299 e. The molecule has 13 heavy (non-hydrogen) atoms. The van der Waals surface area contributed by atoms with Crippen LogP contribution in [0.4, 0.5) is 0 Å². The molecule has 1 heterocycles. The number of ether oxygens (including phenoxy) is 3. The van der Waals surface area contributed by atoms with Gasteiger partial charge in [-0.05, 0) is 0 Å². The molecule has 0 unspecified atom stereocenters. The summed E-state index contributed by atoms with van der Waals surface area (Å²) < 4.78 is 14.3. The molecule has 1 aromatic heterocycles. The minimum Gasteiger partial charge on any atom is -0.496 e. The quantitative estimate of drug-likeness (QED) is 0.641. The standard InChI is InChI=1S/C8H9NO4/c1-11-6-3-7(12-2)9-8(4-6)13-5-10/h3-5H,1-2H3. The second-order valence-corrected chi connectivity index (χ2v) is 2.10. The fraction of sp³-hybridized carbons (Fsp3) is 0.250. The number of carbonyl (C=O) groups excluding carboxylic acids is 1. The molecule has 0 saturated carbocycles. The van der Waals surface area contributed by atoms with Crippen LogP contribution < -0.4 is 14.2 Å². The molecule has 0 aliphatic rings. The van der Waals surface area contributed by atoms with Gasteiger partial charge in [0.25, 0.3) is 6.47 Å². The van der Waals surface area contributed by atoms with E-state index in [9.17, 15) is 4.79 Å². The van der Waals surface area contributed by atoms with Crippen LogP contribution in [-0.2, 0) is 4.79 Å². The highest BCUT2D eigenvalue weighted by Gasteiger charge is 2.03. The third kappa shape index (κ3) is 2.33. The summed E-state index contributed by atoms with van der Waals surface area (Å²) in [5, 5.41) is 0. The Morgan fingerprint density at radius 1 is 1.23 bits per heavy atom. The van der Waals surface area contributed by atoms with Crippen molar-refractivity contribution in [2.45, 2.75) is 0 Å². The van der Waals surface area contributed by atoms with E-state index in [1.807, 2.05) is 0 Å². The summed E-state index contributed by atoms with van der Waals surface area (Å²) in [4.78, 5) is 13.9. The molecular weight excluding hydrogens is 174 g/mol. The fourth-order valence-electron chi connectivity index (χ4n) is 0.790. The van der Waals surface area contributed by atoms with Gasteiger partial charge in [0, 0.05) is 12.1 Å². The molecule has 5 nitrogen and oxygen atoms in total. The Balaban J connectivity index is 2.99. The van der Waals surface area contributed by atoms with E-state index in [2.05, 4.69) is 9.72 Å². The van der Waals surface area contributed by atoms with E-state index < -0.39 is 0 Å². The molecule has 0 amide bonds. The summed E-state index contributed by atoms with van der Waals surface area (Å²) in [6.07, 6.45) is 0. The lowest BCUT2D eigenvalue weighted by Gasteiger charge is -2.04. The molecule has 0 saturated heterocycles. The van der Waals surface area contributed by atoms with E-state index >= 15 is 0 Å². The number of pyridine rings is 1. The maximum absolute atomic E-state index is 10.0. The number of carbonyl (C=O) groups is 1. The van der Waals surface area contributed by atoms with E-state index in [4.69, 9.17) is 9.47 Å². The minimum absolute atomic E-state index is 0.145. The van der Waals surface area contributed by atoms with Gasteiger partial charge in [-0.25, -0.2) is 0 Å². The van der Waals surface area contributed by atoms with Crippen LogP contribution in [0, 0.1) is 0 Å². The van der Waals surface area contributed by atoms with Gasteiger partial charge in [0.15, 0.2) is 0 Å². The first-order valence-corrected chi connectivity index (χ1v) is 3.50. The van der Waals surface area contributed by atoms with Crippen LogP contribution in [-0.4, -0.2) is 25.7 Å². The van der Waals surface area contributed by atoms with Crippen molar-refractivity contribution in [3.05, 3.63) is 12.1 Å². The average Bonchev–Trinajstić information content (AvgIpc) is 2.17. The molecule has 5 heteroatoms. The highest BCUT2D eigenvalue weighted by Crippen LogP contribution is 2.22. The second kappa shape index (κ2) is 4.30. The summed E-state index contributed by atoms with van der Waals surface area (Å²) in [6.45, 7) is 0.293. The highest BCUT2D eigenvalue weighted by atomic mass is 16.5. The molecule has 0 spiro atoms. The largest absolute Gasteiger partial charge is 0.496 e. The first-order chi connectivity index (χ1) is 6.30. The van der Waals surface area contributed by atoms with Crippen molar-refractivity contribution in [3.8, 4) is 17.5 Å². The molecule has 1 aromatic rings. The third-order valence-corrected chi connectivity index (χ3v) is 1.37. The first-order valence-electron chi connectivity index (χ1n) is 3.50. The van der Waals surface area contributed by atoms with Gasteiger partial charge in [0.2, 0.25) is 11.8 Å². The Labute approximate surface area is 75.2 Å². The Kier molecular flexibility index (Phi) is 3.08. The van der Waals surface area contributed by atoms with Crippen molar-refractivity contribution in [3.63, 3.8) is 0 Å². The van der Waals surface area contributed by atoms with Gasteiger partial charge in [-0.1, -0.05) is 0 Å². The average molecular weight is 183 g/mol. The summed E-state index contributed by atoms with van der Waals surface area (Å²) >= 11 is 0. The Morgan fingerprint density at radius 3 is 2.46 bits per heavy atom. The molecule has 0 atom stereocenters. The normalized spacial score (nSPS) is 9.08. The molecule has 0 N–H and O–H groups in total. The summed E-state index contributed by atoms with van der Waals surface area (Å²) in [6, 6.07) is 3.06. The van der Waals surface area contributed by atoms with Gasteiger partial charge in [0.1, 0.15) is 5.75 Å². The van der Waals surface area contributed by atoms with Crippen LogP contribution in [0.3, 0.4) is 0 Å². The van der Waals surface area contributed by atoms with Crippen LogP contribution in [0.25, 0.3) is 0 Å². The van der Waals surface area contributed by atoms with E-state index in [-0.39, 0.29) is 5.88 Å². The molecule has 0 aromatic carbocycles. The van der Waals surface area contributed by atoms with Gasteiger partial charge in [-0.2, -0.15) is 4.98 Å². The zero-order valence-corrected chi connectivity index (χ0v) is 7.31. The lowest BCUT2D eigenvalue weighted by atomic mass is 10.4. The number of methoxy groups -OCH3 is 2. The number of hydrogen-bond donors (Lipinski definition) is 0. The van der Waals surface area contributed by atoms with E-state index in [1.165, 1.54) is 20.3 Å². The molecule has 0 aliphatic carbocycles. The van der Waals surface area contributed by atoms with E-state index in [0.717, 1.165) is 0 Å². The lowest BCUT2D eigenvalue weighted by molar-refractivity contribution is -0.120. The summed E-state index contributed by atoms with van der Waals surface area (Å²) in [5.41, 5.74) is 0. The number of rotatable bonds is 4. The predicted octanol–water partition coefficient (Wildman–Crippen LogP) is 0.634. The van der Waals surface area contributed by atoms with Gasteiger partial charge in [0.05, 0.1) is 14.2 Å². The third-order valence-electron chi connectivity index (χ3n) is 1.37. The molecule has 0 aliphatic heterocycles. The van der Waals surface area contributed by atoms with E-state index in [0.29, 0.717) is 18.1 Å². The van der Waals surface area contributed by atoms with Crippen LogP contribution in [0.2, 0.25) is 0 Å². The number of hydrogen-bond acceptors (Lipinski definition) is 5. The smallest absolute Gasteiger partial charge is 0.299 e. The number of nitrogens with zero attached hydrogens (tertiary/aromatic N) is 1. The molecule has 0 bridgehead atoms. The summed E-state index contributed by atoms with van der Waals surface area (Å²) in [5.74, 6) is 0.992. The van der Waals surface area contributed by atoms with E-state index in [1.54, 1.807) is 6.07 Å². The topological polar surface area (TPSA) is 57.6 Å². The first kappa shape index (κ1) is 9.31. The zero-order chi connectivity index (χ0) is 9.68. The van der Waals surface area contributed by atoms with Crippen LogP contribution in [0.1, 0.15) is 0 Å². The molecular formula is C8H9NO4. The maximum atomic E-state index is 10.0. The van der Waals surface area contributed by atoms with Gasteiger partial charge in [-0.15, -0.1) is 0 Å². The van der Waals surface area contributed by atoms with Crippen molar-refractivity contribution in [2.75, 3.05) is 14.2 Å². The summed E-state index contributed by atoms with van der Waals surface area (Å²) in [7, 11) is 2.96. The van der Waals surface area contributed by atoms with Gasteiger partial charge in [-0.3, -0.25) is 4.79 Å². The minimum atomic E-state index is 0.145. The molecule has 1 rings (SSSR count). The monoisotopic (exact) mass is 183 g/mol. The van der Waals surface area contributed by atoms with Crippen molar-refractivity contribution in [1.29, 1.82) is 0 Å².